The van der Waals surface area contributed by atoms with E-state index in [-0.39, 0.29) is 6.42 Å². The number of ether oxygens (including phenoxy) is 1. The molecule has 3 N–H and O–H groups in total. The normalized spacial score (nSPS) is 20.0. The number of nitrogens with zero attached hydrogens (tertiary/aromatic N) is 1. The highest BCUT2D eigenvalue weighted by atomic mass is 28.2. The maximum absolute atomic E-state index is 13.3. The molecule has 0 radical (unpaired) electrons. The van der Waals surface area contributed by atoms with Gasteiger partial charge in [-0.05, 0) is 34.4 Å². The molecule has 1 aliphatic heterocycles. The molecule has 1 saturated heterocycles. The van der Waals surface area contributed by atoms with Crippen LogP contribution in [-0.2, 0) is 15.4 Å². The first-order chi connectivity index (χ1) is 23.3. The number of aliphatic hydroxyl groups excluding tert-OH is 1. The summed E-state index contributed by atoms with van der Waals surface area (Å²) in [5.74, 6) is 0. The van der Waals surface area contributed by atoms with E-state index < -0.39 is 48.7 Å². The van der Waals surface area contributed by atoms with Gasteiger partial charge >= 0.3 is 5.69 Å². The fraction of sp³-hybridized carbons (Fsp3) is 0.175. The lowest BCUT2D eigenvalue weighted by molar-refractivity contribution is -0.119. The highest BCUT2D eigenvalue weighted by molar-refractivity contribution is 6.61. The minimum Gasteiger partial charge on any atom is -0.389 e. The van der Waals surface area contributed by atoms with Crippen LogP contribution in [0.25, 0.3) is 10.7 Å². The zero-order valence-corrected chi connectivity index (χ0v) is 27.4. The van der Waals surface area contributed by atoms with E-state index in [4.69, 9.17) is 4.74 Å². The summed E-state index contributed by atoms with van der Waals surface area (Å²) in [6.07, 6.45) is -2.00. The lowest BCUT2D eigenvalue weighted by Gasteiger charge is -2.45. The third kappa shape index (κ3) is 5.33. The molecule has 4 aromatic carbocycles. The molecule has 6 aromatic rings. The third-order valence-corrected chi connectivity index (χ3v) is 12.6. The number of hydrogen-bond donors (Lipinski definition) is 3. The topological polar surface area (TPSA) is 105 Å². The first-order valence-corrected chi connectivity index (χ1v) is 17.6. The van der Waals surface area contributed by atoms with Crippen LogP contribution in [-0.4, -0.2) is 40.4 Å². The SMILES string of the molecule is Cc1cn([C@H]2C[C@@](O)([si]3ccccc3-c3ccccc3)[C@@H](C(O)C(c3ccccc3)(c3ccccc3)c3ccccc3)O2)c(=O)[nH]c1=O. The molecule has 0 saturated carbocycles. The molecule has 0 spiro atoms. The quantitative estimate of drug-likeness (QED) is 0.148. The molecule has 1 fully saturated rings. The Balaban J connectivity index is 1.50. The van der Waals surface area contributed by atoms with E-state index in [1.165, 1.54) is 10.8 Å². The van der Waals surface area contributed by atoms with Crippen LogP contribution in [0.15, 0.2) is 161 Å². The van der Waals surface area contributed by atoms with Crippen molar-refractivity contribution in [2.45, 2.75) is 42.4 Å². The van der Waals surface area contributed by atoms with Gasteiger partial charge in [-0.2, -0.15) is 0 Å². The average Bonchev–Trinajstić information content (AvgIpc) is 3.49. The van der Waals surface area contributed by atoms with Crippen LogP contribution in [0.2, 0.25) is 0 Å². The van der Waals surface area contributed by atoms with E-state index in [0.717, 1.165) is 27.4 Å². The average molecular weight is 653 g/mol. The molecule has 0 aliphatic carbocycles. The lowest BCUT2D eigenvalue weighted by atomic mass is 9.64. The van der Waals surface area contributed by atoms with Crippen molar-refractivity contribution >= 4 is 8.40 Å². The molecule has 0 amide bonds. The van der Waals surface area contributed by atoms with Gasteiger partial charge in [-0.1, -0.05) is 145 Å². The second-order valence-corrected chi connectivity index (χ2v) is 14.9. The smallest absolute Gasteiger partial charge is 0.330 e. The van der Waals surface area contributed by atoms with E-state index in [0.29, 0.717) is 5.56 Å². The number of benzene rings is 4. The van der Waals surface area contributed by atoms with E-state index in [2.05, 4.69) is 4.98 Å². The Morgan fingerprint density at radius 3 is 1.83 bits per heavy atom. The van der Waals surface area contributed by atoms with Crippen LogP contribution < -0.4 is 11.2 Å². The van der Waals surface area contributed by atoms with Crippen molar-refractivity contribution in [1.82, 2.24) is 9.55 Å². The number of aryl methyl sites for hydroxylation is 1. The zero-order chi connectivity index (χ0) is 33.3. The monoisotopic (exact) mass is 652 g/mol. The van der Waals surface area contributed by atoms with Gasteiger partial charge < -0.3 is 14.9 Å². The molecular formula is C40H36N2O5Si. The maximum atomic E-state index is 13.3. The van der Waals surface area contributed by atoms with Crippen molar-refractivity contribution in [1.29, 1.82) is 0 Å². The number of nitrogens with one attached hydrogen (secondary N) is 1. The van der Waals surface area contributed by atoms with Gasteiger partial charge in [0.2, 0.25) is 0 Å². The number of aromatic amines is 1. The summed E-state index contributed by atoms with van der Waals surface area (Å²) < 4.78 is 8.13. The molecule has 2 aromatic heterocycles. The van der Waals surface area contributed by atoms with Crippen LogP contribution in [0.1, 0.15) is 34.9 Å². The van der Waals surface area contributed by atoms with E-state index in [1.807, 2.05) is 145 Å². The van der Waals surface area contributed by atoms with Gasteiger partial charge in [0, 0.05) is 18.2 Å². The number of hydrogen-bond acceptors (Lipinski definition) is 5. The molecular weight excluding hydrogens is 617 g/mol. The first-order valence-electron chi connectivity index (χ1n) is 16.0. The van der Waals surface area contributed by atoms with Crippen molar-refractivity contribution in [3.8, 4) is 10.7 Å². The van der Waals surface area contributed by atoms with Crippen LogP contribution in [0.3, 0.4) is 0 Å². The Morgan fingerprint density at radius 2 is 1.29 bits per heavy atom. The lowest BCUT2D eigenvalue weighted by Crippen LogP contribution is -2.57. The summed E-state index contributed by atoms with van der Waals surface area (Å²) in [6, 6.07) is 45.2. The predicted octanol–water partition coefficient (Wildman–Crippen LogP) is 5.57. The number of H-pyrrole nitrogens is 1. The van der Waals surface area contributed by atoms with Gasteiger partial charge in [0.15, 0.2) is 0 Å². The summed E-state index contributed by atoms with van der Waals surface area (Å²) in [7, 11) is -2.05. The second kappa shape index (κ2) is 12.9. The molecule has 240 valence electrons. The molecule has 4 atom stereocenters. The predicted molar refractivity (Wildman–Crippen MR) is 188 cm³/mol. The molecule has 3 heterocycles. The van der Waals surface area contributed by atoms with E-state index >= 15 is 0 Å². The van der Waals surface area contributed by atoms with Crippen molar-refractivity contribution < 1.29 is 14.9 Å². The number of rotatable bonds is 8. The van der Waals surface area contributed by atoms with Crippen LogP contribution >= 0.6 is 0 Å². The van der Waals surface area contributed by atoms with Gasteiger partial charge in [0.1, 0.15) is 23.7 Å². The molecule has 8 heteroatoms. The Labute approximate surface area is 279 Å². The zero-order valence-electron chi connectivity index (χ0n) is 26.4. The Morgan fingerprint density at radius 1 is 0.792 bits per heavy atom. The maximum Gasteiger partial charge on any atom is 0.330 e. The van der Waals surface area contributed by atoms with Crippen molar-refractivity contribution in [2.24, 2.45) is 0 Å². The largest absolute Gasteiger partial charge is 0.389 e. The molecule has 1 aliphatic rings. The Bertz CT molecular complexity index is 2040. The van der Waals surface area contributed by atoms with Gasteiger partial charge in [-0.3, -0.25) is 14.3 Å². The fourth-order valence-corrected chi connectivity index (χ4v) is 10.3. The summed E-state index contributed by atoms with van der Waals surface area (Å²) in [4.78, 5) is 28.0. The Kier molecular flexibility index (Phi) is 8.49. The van der Waals surface area contributed by atoms with Gasteiger partial charge in [0.05, 0.1) is 13.8 Å². The number of aliphatic hydroxyl groups is 2. The summed E-state index contributed by atoms with van der Waals surface area (Å²) in [5, 5.41) is 25.8. The van der Waals surface area contributed by atoms with Gasteiger partial charge in [-0.25, -0.2) is 4.79 Å². The molecule has 7 rings (SSSR count). The minimum absolute atomic E-state index is 0.0113. The molecule has 48 heavy (non-hydrogen) atoms. The van der Waals surface area contributed by atoms with E-state index in [1.54, 1.807) is 6.92 Å². The highest BCUT2D eigenvalue weighted by Gasteiger charge is 2.59. The van der Waals surface area contributed by atoms with Crippen molar-refractivity contribution in [2.75, 3.05) is 0 Å². The second-order valence-electron chi connectivity index (χ2n) is 12.4. The summed E-state index contributed by atoms with van der Waals surface area (Å²) in [6.45, 7) is 1.62. The van der Waals surface area contributed by atoms with Crippen molar-refractivity contribution in [3.63, 3.8) is 0 Å². The summed E-state index contributed by atoms with van der Waals surface area (Å²) in [5.41, 5.74) is 3.50. The molecule has 7 nitrogen and oxygen atoms in total. The minimum atomic E-state index is -2.05. The first kappa shape index (κ1) is 31.6. The van der Waals surface area contributed by atoms with Crippen LogP contribution in [0.4, 0.5) is 0 Å². The fourth-order valence-electron chi connectivity index (χ4n) is 7.35. The number of aromatic nitrogens is 2. The third-order valence-electron chi connectivity index (χ3n) is 9.61. The molecule has 1 unspecified atom stereocenters. The van der Waals surface area contributed by atoms with Crippen LogP contribution in [0, 0.1) is 6.92 Å². The highest BCUT2D eigenvalue weighted by Crippen LogP contribution is 2.51. The standard InChI is InChI=1S/C40H36N2O5Si/c1-28-27-42(38(45)41-37(28)44)34-26-39(46,48-25-15-14-24-33(48)29-16-6-2-7-17-29)36(47-34)35(43)40(30-18-8-3-9-19-30,31-20-10-4-11-21-31)32-22-12-5-13-23-32/h2-25,27,34-36,43,46H,26H2,1H3,(H,41,44,45)/t34-,35?,36-,39-/m1/s1. The van der Waals surface area contributed by atoms with Gasteiger partial charge in [0.25, 0.3) is 5.56 Å². The molecule has 0 bridgehead atoms. The van der Waals surface area contributed by atoms with Crippen LogP contribution in [0.5, 0.6) is 0 Å². The van der Waals surface area contributed by atoms with E-state index in [9.17, 15) is 19.8 Å². The summed E-state index contributed by atoms with van der Waals surface area (Å²) >= 11 is 0. The van der Waals surface area contributed by atoms with Gasteiger partial charge in [-0.15, -0.1) is 0 Å². The Hall–Kier alpha value is -4.99. The van der Waals surface area contributed by atoms with Crippen molar-refractivity contribution in [3.05, 3.63) is 194 Å².